The van der Waals surface area contributed by atoms with E-state index >= 15 is 0 Å². The van der Waals surface area contributed by atoms with Crippen LogP contribution in [0.15, 0.2) is 0 Å². The summed E-state index contributed by atoms with van der Waals surface area (Å²) in [7, 11) is -4.06. The molecule has 0 aromatic heterocycles. The molecular formula is C30H64O4Si2Zr. The summed E-state index contributed by atoms with van der Waals surface area (Å²) in [5.74, 6) is 0. The Balaban J connectivity index is 2.59. The van der Waals surface area contributed by atoms with E-state index < -0.39 is 38.7 Å². The van der Waals surface area contributed by atoms with Crippen LogP contribution in [-0.2, 0) is 32.7 Å². The molecule has 0 N–H and O–H groups in total. The van der Waals surface area contributed by atoms with Gasteiger partial charge in [-0.05, 0) is 0 Å². The molecule has 0 radical (unpaired) electrons. The Kier molecular flexibility index (Phi) is 17.2. The molecule has 2 fully saturated rings. The van der Waals surface area contributed by atoms with Crippen molar-refractivity contribution in [3.8, 4) is 0 Å². The maximum absolute atomic E-state index is 7.76. The zero-order chi connectivity index (χ0) is 27.0. The van der Waals surface area contributed by atoms with Crippen LogP contribution in [0, 0.1) is 0 Å². The van der Waals surface area contributed by atoms with Gasteiger partial charge < -0.3 is 0 Å². The summed E-state index contributed by atoms with van der Waals surface area (Å²) >= 11 is -4.39. The summed E-state index contributed by atoms with van der Waals surface area (Å²) in [4.78, 5) is 0. The summed E-state index contributed by atoms with van der Waals surface area (Å²) in [5, 5.41) is 0. The molecule has 2 aliphatic rings. The molecule has 0 amide bonds. The van der Waals surface area contributed by atoms with Crippen molar-refractivity contribution in [1.82, 2.24) is 0 Å². The van der Waals surface area contributed by atoms with Crippen molar-refractivity contribution in [2.24, 2.45) is 0 Å². The minimum absolute atomic E-state index is 0.279. The fraction of sp³-hybridized carbons (Fsp3) is 1.00. The Hall–Kier alpha value is 1.16. The third kappa shape index (κ3) is 11.5. The summed E-state index contributed by atoms with van der Waals surface area (Å²) in [5.41, 5.74) is 0. The monoisotopic (exact) mass is 634 g/mol. The first-order valence-electron chi connectivity index (χ1n) is 16.7. The summed E-state index contributed by atoms with van der Waals surface area (Å²) in [6, 6.07) is 7.35. The van der Waals surface area contributed by atoms with Crippen LogP contribution < -0.4 is 0 Å². The van der Waals surface area contributed by atoms with Crippen LogP contribution in [0.4, 0.5) is 0 Å². The number of hydrogen-bond acceptors (Lipinski definition) is 4. The first-order valence-corrected chi connectivity index (χ1v) is 25.8. The summed E-state index contributed by atoms with van der Waals surface area (Å²) in [6.07, 6.45) is 20.2. The molecule has 0 unspecified atom stereocenters. The van der Waals surface area contributed by atoms with E-state index in [0.29, 0.717) is 0 Å². The average Bonchev–Trinajstić information content (AvgIpc) is 2.86. The number of rotatable bonds is 20. The first-order chi connectivity index (χ1) is 17.9. The molecule has 0 bridgehead atoms. The van der Waals surface area contributed by atoms with E-state index in [-0.39, 0.29) is 12.2 Å². The zero-order valence-corrected chi connectivity index (χ0v) is 30.3. The van der Waals surface area contributed by atoms with Crippen molar-refractivity contribution >= 4 is 16.6 Å². The van der Waals surface area contributed by atoms with E-state index in [2.05, 4.69) is 41.5 Å². The molecule has 0 aromatic carbocycles. The molecule has 0 heterocycles. The van der Waals surface area contributed by atoms with E-state index in [9.17, 15) is 0 Å². The maximum atomic E-state index is 7.76. The zero-order valence-electron chi connectivity index (χ0n) is 25.8. The van der Waals surface area contributed by atoms with Crippen LogP contribution in [0.5, 0.6) is 0 Å². The van der Waals surface area contributed by atoms with Gasteiger partial charge in [-0.15, -0.1) is 0 Å². The van der Waals surface area contributed by atoms with Gasteiger partial charge in [0.25, 0.3) is 0 Å². The molecule has 0 saturated heterocycles. The predicted octanol–water partition coefficient (Wildman–Crippen LogP) is 10.9. The Morgan fingerprint density at radius 3 is 0.973 bits per heavy atom. The minimum atomic E-state index is -4.39. The van der Waals surface area contributed by atoms with E-state index in [1.54, 1.807) is 0 Å². The summed E-state index contributed by atoms with van der Waals surface area (Å²) < 4.78 is 30.3. The van der Waals surface area contributed by atoms with Gasteiger partial charge >= 0.3 is 242 Å². The van der Waals surface area contributed by atoms with Gasteiger partial charge in [-0.25, -0.2) is 0 Å². The van der Waals surface area contributed by atoms with Gasteiger partial charge in [-0.3, -0.25) is 0 Å². The van der Waals surface area contributed by atoms with Gasteiger partial charge in [0.15, 0.2) is 0 Å². The van der Waals surface area contributed by atoms with Gasteiger partial charge in [0, 0.05) is 0 Å². The standard InChI is InChI=1S/2C9H21OSi.2C6H11O.Zr/c2*1-4-7-11(10,8-5-2)9-6-3;2*7-6-4-2-1-3-5-6;/h2*4-9H2,1-3H3;2*6H,1-5H2;/q4*-1;+4. The fourth-order valence-corrected chi connectivity index (χ4v) is 34.2. The van der Waals surface area contributed by atoms with E-state index in [0.717, 1.165) is 25.7 Å². The molecule has 0 aromatic rings. The van der Waals surface area contributed by atoms with Gasteiger partial charge in [0.2, 0.25) is 0 Å². The molecule has 2 rings (SSSR count). The van der Waals surface area contributed by atoms with Gasteiger partial charge in [-0.1, -0.05) is 0 Å². The third-order valence-electron chi connectivity index (χ3n) is 8.64. The Morgan fingerprint density at radius 1 is 0.459 bits per heavy atom. The number of hydrogen-bond donors (Lipinski definition) is 0. The van der Waals surface area contributed by atoms with Crippen molar-refractivity contribution in [2.75, 3.05) is 0 Å². The molecule has 0 aliphatic heterocycles. The van der Waals surface area contributed by atoms with Crippen LogP contribution >= 0.6 is 0 Å². The second-order valence-corrected chi connectivity index (χ2v) is 27.1. The summed E-state index contributed by atoms with van der Waals surface area (Å²) in [6.45, 7) is 14.1. The van der Waals surface area contributed by atoms with Crippen LogP contribution in [0.2, 0.25) is 36.3 Å². The predicted molar refractivity (Wildman–Crippen MR) is 160 cm³/mol. The van der Waals surface area contributed by atoms with Crippen LogP contribution in [0.3, 0.4) is 0 Å². The van der Waals surface area contributed by atoms with Crippen molar-refractivity contribution in [3.05, 3.63) is 0 Å². The molecule has 2 aliphatic carbocycles. The van der Waals surface area contributed by atoms with E-state index in [4.69, 9.17) is 10.6 Å². The Bertz CT molecular complexity index is 498. The quantitative estimate of drug-likeness (QED) is 0.125. The molecule has 37 heavy (non-hydrogen) atoms. The normalized spacial score (nSPS) is 19.0. The molecular weight excluding hydrogens is 572 g/mol. The van der Waals surface area contributed by atoms with Gasteiger partial charge in [0.05, 0.1) is 0 Å². The van der Waals surface area contributed by atoms with E-state index in [1.807, 2.05) is 0 Å². The van der Waals surface area contributed by atoms with Gasteiger partial charge in [0.1, 0.15) is 0 Å². The molecule has 7 heteroatoms. The molecule has 2 saturated carbocycles. The van der Waals surface area contributed by atoms with E-state index in [1.165, 1.54) is 113 Å². The van der Waals surface area contributed by atoms with Crippen LogP contribution in [-0.4, -0.2) is 28.8 Å². The topological polar surface area (TPSA) is 36.9 Å². The Morgan fingerprint density at radius 2 is 0.730 bits per heavy atom. The van der Waals surface area contributed by atoms with Crippen molar-refractivity contribution in [3.63, 3.8) is 0 Å². The molecule has 220 valence electrons. The SMILES string of the molecule is CCC[Si](CCC)(CCC)[O][Zr]([O]C1CCCCC1)([O]C1CCCCC1)[O][Si](CCC)(CCC)CCC. The van der Waals surface area contributed by atoms with Crippen LogP contribution in [0.1, 0.15) is 144 Å². The van der Waals surface area contributed by atoms with Crippen molar-refractivity contribution in [1.29, 1.82) is 0 Å². The second-order valence-electron chi connectivity index (χ2n) is 12.3. The van der Waals surface area contributed by atoms with Crippen LogP contribution in [0.25, 0.3) is 0 Å². The Labute approximate surface area is 240 Å². The second kappa shape index (κ2) is 18.6. The van der Waals surface area contributed by atoms with Crippen molar-refractivity contribution < 1.29 is 32.7 Å². The first kappa shape index (κ1) is 34.4. The van der Waals surface area contributed by atoms with Crippen molar-refractivity contribution in [2.45, 2.75) is 193 Å². The van der Waals surface area contributed by atoms with Gasteiger partial charge in [-0.2, -0.15) is 0 Å². The average molecular weight is 636 g/mol. The third-order valence-corrected chi connectivity index (χ3v) is 31.6. The fourth-order valence-electron chi connectivity index (χ4n) is 7.24. The molecule has 4 nitrogen and oxygen atoms in total. The molecule has 0 atom stereocenters. The molecule has 0 spiro atoms.